The first kappa shape index (κ1) is 23.7. The third-order valence-corrected chi connectivity index (χ3v) is 5.80. The van der Waals surface area contributed by atoms with Gasteiger partial charge in [-0.25, -0.2) is 0 Å². The predicted molar refractivity (Wildman–Crippen MR) is 141 cm³/mol. The van der Waals surface area contributed by atoms with E-state index in [4.69, 9.17) is 0 Å². The molecule has 2 aromatic carbocycles. The Labute approximate surface area is 200 Å². The lowest BCUT2D eigenvalue weighted by Crippen LogP contribution is -2.42. The second kappa shape index (κ2) is 11.6. The number of hydrogen-bond acceptors (Lipinski definition) is 2. The van der Waals surface area contributed by atoms with E-state index in [9.17, 15) is 4.79 Å². The number of fused-ring (bicyclic) bond motifs is 2. The van der Waals surface area contributed by atoms with Gasteiger partial charge in [-0.2, -0.15) is 0 Å². The minimum Gasteiger partial charge on any atom is -0.341 e. The molecule has 0 saturated carbocycles. The molecule has 2 aromatic rings. The summed E-state index contributed by atoms with van der Waals surface area (Å²) in [5, 5.41) is 3.28. The number of benzene rings is 2. The van der Waals surface area contributed by atoms with Gasteiger partial charge < -0.3 is 10.2 Å². The van der Waals surface area contributed by atoms with Gasteiger partial charge in [-0.1, -0.05) is 103 Å². The maximum absolute atomic E-state index is 12.6. The Hall–Kier alpha value is -1.92. The van der Waals surface area contributed by atoms with Gasteiger partial charge in [0.25, 0.3) is 0 Å². The molecule has 1 fully saturated rings. The number of rotatable bonds is 4. The van der Waals surface area contributed by atoms with E-state index >= 15 is 0 Å². The first-order valence-corrected chi connectivity index (χ1v) is 13.2. The minimum atomic E-state index is 0.220. The zero-order valence-electron chi connectivity index (χ0n) is 18.8. The van der Waals surface area contributed by atoms with Crippen LogP contribution >= 0.6 is 22.6 Å². The molecule has 31 heavy (non-hydrogen) atoms. The van der Waals surface area contributed by atoms with Gasteiger partial charge in [-0.05, 0) is 58.1 Å². The van der Waals surface area contributed by atoms with Gasteiger partial charge in [-0.15, -0.1) is 0 Å². The first-order chi connectivity index (χ1) is 15.1. The number of halogens is 1. The van der Waals surface area contributed by atoms with Gasteiger partial charge in [0.15, 0.2) is 0 Å². The number of nitrogens with zero attached hydrogens (tertiary/aromatic N) is 1. The van der Waals surface area contributed by atoms with Crippen LogP contribution in [0.4, 0.5) is 0 Å². The zero-order chi connectivity index (χ0) is 22.2. The quantitative estimate of drug-likeness (QED) is 0.338. The maximum atomic E-state index is 12.6. The van der Waals surface area contributed by atoms with Gasteiger partial charge in [0, 0.05) is 13.1 Å². The van der Waals surface area contributed by atoms with Crippen LogP contribution in [0.15, 0.2) is 54.1 Å². The first-order valence-electron chi connectivity index (χ1n) is 11.1. The lowest BCUT2D eigenvalue weighted by atomic mass is 9.86. The second-order valence-electron chi connectivity index (χ2n) is 8.39. The third-order valence-electron chi connectivity index (χ3n) is 5.80. The van der Waals surface area contributed by atoms with Gasteiger partial charge >= 0.3 is 0 Å². The molecule has 1 saturated heterocycles. The molecule has 1 heterocycles. The molecule has 1 N–H and O–H groups in total. The minimum absolute atomic E-state index is 0.220. The molecular weight excluding hydrogens is 495 g/mol. The second-order valence-corrected chi connectivity index (χ2v) is 8.39. The summed E-state index contributed by atoms with van der Waals surface area (Å²) in [5.74, 6) is 0.780. The third kappa shape index (κ3) is 5.86. The summed E-state index contributed by atoms with van der Waals surface area (Å²) in [4.78, 5) is 16.5. The molecular formula is C27H33IN2O. The number of piperidine rings is 1. The molecule has 0 spiro atoms. The zero-order valence-corrected chi connectivity index (χ0v) is 21.0. The average molecular weight is 528 g/mol. The molecule has 1 aliphatic carbocycles. The van der Waals surface area contributed by atoms with Crippen LogP contribution in [0.1, 0.15) is 48.9 Å². The molecule has 0 radical (unpaired) electrons. The Balaban J connectivity index is 0.00000132. The Morgan fingerprint density at radius 1 is 0.935 bits per heavy atom. The fourth-order valence-electron chi connectivity index (χ4n) is 4.30. The molecule has 0 aromatic heterocycles. The van der Waals surface area contributed by atoms with Crippen molar-refractivity contribution in [2.45, 2.75) is 26.7 Å². The van der Waals surface area contributed by atoms with Crippen molar-refractivity contribution in [2.24, 2.45) is 5.92 Å². The smallest absolute Gasteiger partial charge is 0.236 e. The van der Waals surface area contributed by atoms with E-state index in [1.165, 1.54) is 33.4 Å². The molecule has 0 bridgehead atoms. The number of likely N-dealkylation sites (tertiary alicyclic amines) is 1. The van der Waals surface area contributed by atoms with Crippen molar-refractivity contribution in [1.82, 2.24) is 10.2 Å². The summed E-state index contributed by atoms with van der Waals surface area (Å²) in [7, 11) is 0. The van der Waals surface area contributed by atoms with E-state index in [2.05, 4.69) is 102 Å². The molecule has 0 unspecified atom stereocenters. The largest absolute Gasteiger partial charge is 0.341 e. The molecule has 1 aliphatic heterocycles. The highest BCUT2D eigenvalue weighted by molar-refractivity contribution is 14.1. The summed E-state index contributed by atoms with van der Waals surface area (Å²) >= 11 is 2.15. The molecule has 2 aliphatic rings. The van der Waals surface area contributed by atoms with Crippen LogP contribution in [0.3, 0.4) is 0 Å². The summed E-state index contributed by atoms with van der Waals surface area (Å²) in [5.41, 5.74) is 7.98. The van der Waals surface area contributed by atoms with Gasteiger partial charge in [0.1, 0.15) is 0 Å². The fraction of sp³-hybridized carbons (Fsp3) is 0.370. The summed E-state index contributed by atoms with van der Waals surface area (Å²) in [6.45, 7) is 7.26. The number of amides is 1. The van der Waals surface area contributed by atoms with Crippen molar-refractivity contribution in [3.05, 3.63) is 76.4 Å². The van der Waals surface area contributed by atoms with E-state index < -0.39 is 0 Å². The van der Waals surface area contributed by atoms with Crippen molar-refractivity contribution in [3.63, 3.8) is 0 Å². The van der Waals surface area contributed by atoms with Gasteiger partial charge in [0.2, 0.25) is 5.91 Å². The highest BCUT2D eigenvalue weighted by atomic mass is 127. The number of alkyl halides is 1. The summed E-state index contributed by atoms with van der Waals surface area (Å²) in [6, 6.07) is 17.3. The topological polar surface area (TPSA) is 32.3 Å². The molecule has 0 atom stereocenters. The summed E-state index contributed by atoms with van der Waals surface area (Å²) in [6.07, 6.45) is 6.32. The van der Waals surface area contributed by atoms with Crippen LogP contribution in [-0.2, 0) is 4.79 Å². The van der Waals surface area contributed by atoms with Crippen LogP contribution in [0.25, 0.3) is 17.7 Å². The predicted octanol–water partition coefficient (Wildman–Crippen LogP) is 5.89. The van der Waals surface area contributed by atoms with E-state index in [1.54, 1.807) is 0 Å². The highest BCUT2D eigenvalue weighted by Crippen LogP contribution is 2.38. The van der Waals surface area contributed by atoms with E-state index in [0.29, 0.717) is 12.5 Å². The Morgan fingerprint density at radius 2 is 1.45 bits per heavy atom. The van der Waals surface area contributed by atoms with Crippen LogP contribution in [0.2, 0.25) is 0 Å². The standard InChI is InChI=1S/C26H30N2O.CH3I/c1-19(2)17-27-18-25(29)28-15-13-22(14-16-28)26-23-9-5-3-7-20(23)11-12-21-8-4-6-10-24(21)26;1-2/h3-12,19,27H,13-18H2,1-2H3;1H3. The number of carbonyl (C=O) groups excluding carboxylic acids is 1. The lowest BCUT2D eigenvalue weighted by Gasteiger charge is -2.31. The maximum Gasteiger partial charge on any atom is 0.236 e. The molecule has 4 rings (SSSR count). The molecule has 4 heteroatoms. The Kier molecular flexibility index (Phi) is 8.90. The van der Waals surface area contributed by atoms with Crippen molar-refractivity contribution in [1.29, 1.82) is 0 Å². The monoisotopic (exact) mass is 528 g/mol. The molecule has 1 amide bonds. The number of nitrogens with one attached hydrogen (secondary N) is 1. The van der Waals surface area contributed by atoms with Crippen LogP contribution < -0.4 is 5.32 Å². The van der Waals surface area contributed by atoms with Crippen molar-refractivity contribution in [2.75, 3.05) is 31.1 Å². The SMILES string of the molecule is CC(C)CNCC(=O)N1CCC(=C2c3ccccc3C=Cc3ccccc32)CC1.CI. The lowest BCUT2D eigenvalue weighted by molar-refractivity contribution is -0.130. The van der Waals surface area contributed by atoms with Crippen molar-refractivity contribution < 1.29 is 4.79 Å². The van der Waals surface area contributed by atoms with Gasteiger partial charge in [-0.3, -0.25) is 4.79 Å². The van der Waals surface area contributed by atoms with Crippen LogP contribution in [-0.4, -0.2) is 41.9 Å². The average Bonchev–Trinajstić information content (AvgIpc) is 2.97. The van der Waals surface area contributed by atoms with Crippen LogP contribution in [0.5, 0.6) is 0 Å². The van der Waals surface area contributed by atoms with Crippen molar-refractivity contribution in [3.8, 4) is 0 Å². The van der Waals surface area contributed by atoms with Gasteiger partial charge in [0.05, 0.1) is 6.54 Å². The number of carbonyl (C=O) groups is 1. The van der Waals surface area contributed by atoms with E-state index in [1.807, 2.05) is 9.83 Å². The van der Waals surface area contributed by atoms with Crippen molar-refractivity contribution >= 4 is 46.2 Å². The Morgan fingerprint density at radius 3 is 1.97 bits per heavy atom. The molecule has 3 nitrogen and oxygen atoms in total. The Bertz CT molecular complexity index is 900. The molecule has 164 valence electrons. The fourth-order valence-corrected chi connectivity index (χ4v) is 4.30. The summed E-state index contributed by atoms with van der Waals surface area (Å²) < 4.78 is 0. The van der Waals surface area contributed by atoms with Crippen LogP contribution in [0, 0.1) is 5.92 Å². The normalized spacial score (nSPS) is 15.1. The van der Waals surface area contributed by atoms with E-state index in [-0.39, 0.29) is 5.91 Å². The highest BCUT2D eigenvalue weighted by Gasteiger charge is 2.24. The van der Waals surface area contributed by atoms with E-state index in [0.717, 1.165) is 32.5 Å². The number of hydrogen-bond donors (Lipinski definition) is 1.